The third-order valence-corrected chi connectivity index (χ3v) is 3.39. The molecule has 2 N–H and O–H groups in total. The summed E-state index contributed by atoms with van der Waals surface area (Å²) in [5.74, 6) is -5.36. The summed E-state index contributed by atoms with van der Waals surface area (Å²) in [6.45, 7) is 0.487. The molecule has 8 heteroatoms. The second kappa shape index (κ2) is 8.48. The molecular weight excluding hydrogens is 340 g/mol. The van der Waals surface area contributed by atoms with E-state index in [1.807, 2.05) is 0 Å². The van der Waals surface area contributed by atoms with Gasteiger partial charge in [-0.1, -0.05) is 12.1 Å². The lowest BCUT2D eigenvalue weighted by atomic mass is 10.2. The van der Waals surface area contributed by atoms with E-state index in [0.717, 1.165) is 12.1 Å². The number of para-hydroxylation sites is 1. The van der Waals surface area contributed by atoms with Crippen LogP contribution in [-0.4, -0.2) is 32.7 Å². The molecule has 1 amide bonds. The van der Waals surface area contributed by atoms with Gasteiger partial charge < -0.3 is 15.0 Å². The Morgan fingerprint density at radius 1 is 1.04 bits per heavy atom. The highest BCUT2D eigenvalue weighted by Crippen LogP contribution is 2.19. The molecule has 0 aliphatic heterocycles. The molecule has 134 valence electrons. The zero-order valence-electron chi connectivity index (χ0n) is 13.4. The SMILES string of the molecule is C[NH+](CCOc1ccccc1F)CC(=O)Nc1ccc(F)c(F)c1F. The standard InChI is InChI=1S/C17H16F4N2O2/c1-23(8-9-25-14-5-3-2-4-11(14)18)10-15(24)22-13-7-6-12(19)16(20)17(13)21/h2-7H,8-10H2,1H3,(H,22,24)/p+1. The van der Waals surface area contributed by atoms with Crippen molar-refractivity contribution in [3.8, 4) is 5.75 Å². The van der Waals surface area contributed by atoms with Crippen LogP contribution in [0, 0.1) is 23.3 Å². The first-order valence-corrected chi connectivity index (χ1v) is 7.50. The van der Waals surface area contributed by atoms with E-state index < -0.39 is 34.9 Å². The molecule has 0 aliphatic carbocycles. The van der Waals surface area contributed by atoms with Crippen molar-refractivity contribution in [3.63, 3.8) is 0 Å². The first-order valence-electron chi connectivity index (χ1n) is 7.50. The molecule has 2 aromatic rings. The Kier molecular flexibility index (Phi) is 6.35. The van der Waals surface area contributed by atoms with Gasteiger partial charge in [-0.2, -0.15) is 0 Å². The zero-order chi connectivity index (χ0) is 18.4. The van der Waals surface area contributed by atoms with Gasteiger partial charge >= 0.3 is 0 Å². The number of halogens is 4. The molecule has 0 spiro atoms. The number of hydrogen-bond acceptors (Lipinski definition) is 2. The van der Waals surface area contributed by atoms with Crippen LogP contribution in [0.2, 0.25) is 0 Å². The highest BCUT2D eigenvalue weighted by Gasteiger charge is 2.17. The van der Waals surface area contributed by atoms with Gasteiger partial charge in [0, 0.05) is 0 Å². The van der Waals surface area contributed by atoms with E-state index in [1.165, 1.54) is 12.1 Å². The number of amides is 1. The first-order chi connectivity index (χ1) is 11.9. The molecule has 0 aliphatic rings. The van der Waals surface area contributed by atoms with Crippen molar-refractivity contribution in [3.05, 3.63) is 59.7 Å². The number of ether oxygens (including phenoxy) is 1. The third-order valence-electron chi connectivity index (χ3n) is 3.39. The predicted molar refractivity (Wildman–Crippen MR) is 83.5 cm³/mol. The van der Waals surface area contributed by atoms with Gasteiger partial charge in [0.25, 0.3) is 5.91 Å². The number of likely N-dealkylation sites (N-methyl/N-ethyl adjacent to an activating group) is 1. The number of rotatable bonds is 7. The summed E-state index contributed by atoms with van der Waals surface area (Å²) in [5, 5.41) is 2.18. The van der Waals surface area contributed by atoms with Crippen molar-refractivity contribution in [2.45, 2.75) is 0 Å². The molecule has 1 atom stereocenters. The van der Waals surface area contributed by atoms with Crippen LogP contribution in [0.3, 0.4) is 0 Å². The minimum Gasteiger partial charge on any atom is -0.485 e. The van der Waals surface area contributed by atoms with Gasteiger partial charge in [-0.15, -0.1) is 0 Å². The van der Waals surface area contributed by atoms with Crippen molar-refractivity contribution in [2.75, 3.05) is 32.1 Å². The molecule has 0 saturated carbocycles. The highest BCUT2D eigenvalue weighted by molar-refractivity contribution is 5.91. The zero-order valence-corrected chi connectivity index (χ0v) is 13.4. The lowest BCUT2D eigenvalue weighted by Gasteiger charge is -2.15. The second-order valence-electron chi connectivity index (χ2n) is 5.43. The fourth-order valence-corrected chi connectivity index (χ4v) is 2.08. The maximum atomic E-state index is 13.5. The Bertz CT molecular complexity index is 755. The molecule has 0 fully saturated rings. The van der Waals surface area contributed by atoms with E-state index in [4.69, 9.17) is 4.74 Å². The maximum absolute atomic E-state index is 13.5. The number of hydrogen-bond donors (Lipinski definition) is 2. The maximum Gasteiger partial charge on any atom is 0.279 e. The van der Waals surface area contributed by atoms with Crippen LogP contribution in [-0.2, 0) is 4.79 Å². The Hall–Kier alpha value is -2.61. The molecule has 4 nitrogen and oxygen atoms in total. The molecule has 2 rings (SSSR count). The predicted octanol–water partition coefficient (Wildman–Crippen LogP) is 1.78. The van der Waals surface area contributed by atoms with E-state index >= 15 is 0 Å². The molecule has 0 bridgehead atoms. The van der Waals surface area contributed by atoms with E-state index in [-0.39, 0.29) is 18.9 Å². The van der Waals surface area contributed by atoms with Gasteiger partial charge in [0.1, 0.15) is 13.2 Å². The summed E-state index contributed by atoms with van der Waals surface area (Å²) in [4.78, 5) is 12.5. The van der Waals surface area contributed by atoms with E-state index in [1.54, 1.807) is 19.2 Å². The quantitative estimate of drug-likeness (QED) is 0.586. The highest BCUT2D eigenvalue weighted by atomic mass is 19.2. The van der Waals surface area contributed by atoms with Crippen molar-refractivity contribution in [1.82, 2.24) is 0 Å². The van der Waals surface area contributed by atoms with Gasteiger partial charge in [-0.05, 0) is 24.3 Å². The lowest BCUT2D eigenvalue weighted by Crippen LogP contribution is -3.10. The number of quaternary nitrogens is 1. The summed E-state index contributed by atoms with van der Waals surface area (Å²) < 4.78 is 58.1. The van der Waals surface area contributed by atoms with Crippen LogP contribution in [0.1, 0.15) is 0 Å². The third kappa shape index (κ3) is 5.18. The lowest BCUT2D eigenvalue weighted by molar-refractivity contribution is -0.871. The largest absolute Gasteiger partial charge is 0.485 e. The number of anilines is 1. The van der Waals surface area contributed by atoms with E-state index in [2.05, 4.69) is 5.32 Å². The van der Waals surface area contributed by atoms with Gasteiger partial charge in [0.05, 0.1) is 12.7 Å². The van der Waals surface area contributed by atoms with Crippen LogP contribution < -0.4 is 15.0 Å². The molecule has 0 saturated heterocycles. The summed E-state index contributed by atoms with van der Waals surface area (Å²) >= 11 is 0. The monoisotopic (exact) mass is 357 g/mol. The topological polar surface area (TPSA) is 42.8 Å². The molecule has 1 unspecified atom stereocenters. The molecule has 2 aromatic carbocycles. The fraction of sp³-hybridized carbons (Fsp3) is 0.235. The van der Waals surface area contributed by atoms with Crippen LogP contribution in [0.25, 0.3) is 0 Å². The van der Waals surface area contributed by atoms with Crippen LogP contribution >= 0.6 is 0 Å². The van der Waals surface area contributed by atoms with Crippen LogP contribution in [0.15, 0.2) is 36.4 Å². The number of benzene rings is 2. The normalized spacial score (nSPS) is 11.9. The molecule has 0 heterocycles. The minimum absolute atomic E-state index is 0.0565. The average Bonchev–Trinajstić information content (AvgIpc) is 2.57. The summed E-state index contributed by atoms with van der Waals surface area (Å²) in [6, 6.07) is 7.62. The smallest absolute Gasteiger partial charge is 0.279 e. The van der Waals surface area contributed by atoms with Gasteiger partial charge in [-0.3, -0.25) is 4.79 Å². The average molecular weight is 357 g/mol. The number of carbonyl (C=O) groups excluding carboxylic acids is 1. The molecule has 25 heavy (non-hydrogen) atoms. The first kappa shape index (κ1) is 18.7. The van der Waals surface area contributed by atoms with Crippen molar-refractivity contribution >= 4 is 11.6 Å². The van der Waals surface area contributed by atoms with Crippen LogP contribution in [0.4, 0.5) is 23.2 Å². The van der Waals surface area contributed by atoms with Crippen LogP contribution in [0.5, 0.6) is 5.75 Å². The van der Waals surface area contributed by atoms with E-state index in [9.17, 15) is 22.4 Å². The Morgan fingerprint density at radius 2 is 1.76 bits per heavy atom. The second-order valence-corrected chi connectivity index (χ2v) is 5.43. The summed E-state index contributed by atoms with van der Waals surface area (Å²) in [5.41, 5.74) is -0.431. The molecule has 0 aromatic heterocycles. The molecular formula is C17H17F4N2O2+. The van der Waals surface area contributed by atoms with Crippen molar-refractivity contribution in [2.24, 2.45) is 0 Å². The Labute approximate surface area is 142 Å². The minimum atomic E-state index is -1.64. The Morgan fingerprint density at radius 3 is 2.48 bits per heavy atom. The summed E-state index contributed by atoms with van der Waals surface area (Å²) in [7, 11) is 1.69. The summed E-state index contributed by atoms with van der Waals surface area (Å²) in [6.07, 6.45) is 0. The number of carbonyl (C=O) groups is 1. The van der Waals surface area contributed by atoms with Gasteiger partial charge in [0.2, 0.25) is 0 Å². The molecule has 0 radical (unpaired) electrons. The van der Waals surface area contributed by atoms with E-state index in [0.29, 0.717) is 11.4 Å². The number of nitrogens with one attached hydrogen (secondary N) is 2. The van der Waals surface area contributed by atoms with Crippen molar-refractivity contribution in [1.29, 1.82) is 0 Å². The Balaban J connectivity index is 1.80. The van der Waals surface area contributed by atoms with Gasteiger partial charge in [0.15, 0.2) is 35.6 Å². The van der Waals surface area contributed by atoms with Gasteiger partial charge in [-0.25, -0.2) is 17.6 Å². The fourth-order valence-electron chi connectivity index (χ4n) is 2.08. The van der Waals surface area contributed by atoms with Crippen molar-refractivity contribution < 1.29 is 32.0 Å².